The molecular formula is C90H139N33O20S2. The number of aliphatic carboxylic acids is 1. The lowest BCUT2D eigenvalue weighted by Gasteiger charge is -2.31. The minimum Gasteiger partial charge on any atom is -0.508 e. The molecule has 0 aromatic heterocycles. The van der Waals surface area contributed by atoms with Gasteiger partial charge in [0.2, 0.25) is 76.8 Å². The molecule has 2 aliphatic heterocycles. The maximum Gasteiger partial charge on any atom is 0.326 e. The maximum atomic E-state index is 16.0. The van der Waals surface area contributed by atoms with Gasteiger partial charge in [-0.15, -0.1) is 0 Å². The third-order valence-electron chi connectivity index (χ3n) is 23.1. The van der Waals surface area contributed by atoms with Crippen molar-refractivity contribution in [1.29, 1.82) is 21.6 Å². The Morgan fingerprint density at radius 3 is 1.27 bits per heavy atom. The Morgan fingerprint density at radius 1 is 0.407 bits per heavy atom. The van der Waals surface area contributed by atoms with Crippen molar-refractivity contribution < 1.29 is 96.8 Å². The predicted octanol–water partition coefficient (Wildman–Crippen LogP) is -6.58. The third-order valence-corrected chi connectivity index (χ3v) is 25.5. The number of carboxylic acid groups (broad SMARTS) is 1. The van der Waals surface area contributed by atoms with Crippen LogP contribution in [0.15, 0.2) is 91.0 Å². The van der Waals surface area contributed by atoms with E-state index in [-0.39, 0.29) is 210 Å². The lowest BCUT2D eigenvalue weighted by atomic mass is 10.00. The molecule has 796 valence electrons. The number of nitrogens with two attached hydrogens (primary N) is 9. The Bertz CT molecular complexity index is 5090. The van der Waals surface area contributed by atoms with Gasteiger partial charge in [-0.3, -0.25) is 84.0 Å². The van der Waals surface area contributed by atoms with Crippen LogP contribution in [0.1, 0.15) is 139 Å². The molecule has 0 spiro atoms. The van der Waals surface area contributed by atoms with Crippen LogP contribution in [0.4, 0.5) is 14.4 Å². The number of unbranched alkanes of at least 4 members (excludes halogenated alkanes) is 1. The number of hydrogen-bond donors (Lipinski definition) is 35. The lowest BCUT2D eigenvalue weighted by Crippen LogP contribution is -2.61. The molecule has 145 heavy (non-hydrogen) atoms. The average Bonchev–Trinajstić information content (AvgIpc) is 1.75. The smallest absolute Gasteiger partial charge is 0.326 e. The Kier molecular flexibility index (Phi) is 51.5. The number of phenolic OH excluding ortho intramolecular Hbond substituents is 2. The third kappa shape index (κ3) is 44.5. The predicted molar refractivity (Wildman–Crippen MR) is 540 cm³/mol. The highest BCUT2D eigenvalue weighted by molar-refractivity contribution is 8.76. The van der Waals surface area contributed by atoms with Crippen molar-refractivity contribution in [3.05, 3.63) is 108 Å². The van der Waals surface area contributed by atoms with Gasteiger partial charge in [-0.05, 0) is 180 Å². The van der Waals surface area contributed by atoms with Crippen LogP contribution in [0.3, 0.4) is 0 Å². The zero-order chi connectivity index (χ0) is 107. The summed E-state index contributed by atoms with van der Waals surface area (Å²) in [5.74, 6) is -18.7. The molecule has 4 aromatic carbocycles. The van der Waals surface area contributed by atoms with Gasteiger partial charge in [-0.1, -0.05) is 88.3 Å². The number of carboxylic acids is 1. The van der Waals surface area contributed by atoms with Crippen LogP contribution in [0.2, 0.25) is 0 Å². The molecular weight excluding hydrogens is 1930 g/mol. The zero-order valence-corrected chi connectivity index (χ0v) is 82.0. The fourth-order valence-electron chi connectivity index (χ4n) is 15.5. The van der Waals surface area contributed by atoms with Gasteiger partial charge in [-0.2, -0.15) is 0 Å². The van der Waals surface area contributed by atoms with E-state index in [1.807, 2.05) is 6.07 Å². The molecule has 2 saturated heterocycles. The molecule has 55 heteroatoms. The van der Waals surface area contributed by atoms with Crippen LogP contribution in [0, 0.1) is 21.6 Å². The number of guanidine groups is 4. The number of hydrogen-bond acceptors (Lipinski definition) is 27. The second-order valence-electron chi connectivity index (χ2n) is 34.6. The zero-order valence-electron chi connectivity index (χ0n) is 80.3. The first-order valence-corrected chi connectivity index (χ1v) is 49.9. The number of aromatic hydroxyl groups is 2. The van der Waals surface area contributed by atoms with Gasteiger partial charge < -0.3 is 173 Å². The summed E-state index contributed by atoms with van der Waals surface area (Å²) in [6.07, 6.45) is -3.00. The first-order valence-electron chi connectivity index (χ1n) is 47.4. The van der Waals surface area contributed by atoms with Crippen molar-refractivity contribution in [3.8, 4) is 11.5 Å². The van der Waals surface area contributed by atoms with E-state index in [9.17, 15) is 39.3 Å². The fourth-order valence-corrected chi connectivity index (χ4v) is 17.8. The van der Waals surface area contributed by atoms with E-state index in [1.165, 1.54) is 48.5 Å². The summed E-state index contributed by atoms with van der Waals surface area (Å²) in [6.45, 7) is -0.692. The maximum absolute atomic E-state index is 16.0. The number of nitrogens with zero attached hydrogens (tertiary/aromatic N) is 1. The lowest BCUT2D eigenvalue weighted by molar-refractivity contribution is -0.142. The summed E-state index contributed by atoms with van der Waals surface area (Å²) in [7, 11) is 1.43. The van der Waals surface area contributed by atoms with Crippen LogP contribution < -0.4 is 153 Å². The van der Waals surface area contributed by atoms with E-state index in [1.54, 1.807) is 36.4 Å². The van der Waals surface area contributed by atoms with E-state index in [0.717, 1.165) is 10.3 Å². The molecule has 0 bridgehead atoms. The Hall–Kier alpha value is -15.2. The van der Waals surface area contributed by atoms with Crippen LogP contribution in [0.5, 0.6) is 11.5 Å². The van der Waals surface area contributed by atoms with Gasteiger partial charge in [0.25, 0.3) is 0 Å². The van der Waals surface area contributed by atoms with Crippen molar-refractivity contribution in [2.45, 2.75) is 226 Å². The van der Waals surface area contributed by atoms with Crippen molar-refractivity contribution in [2.24, 2.45) is 51.6 Å². The molecule has 2 fully saturated rings. The number of primary amides is 3. The Morgan fingerprint density at radius 2 is 0.800 bits per heavy atom. The van der Waals surface area contributed by atoms with Crippen LogP contribution >= 0.6 is 21.6 Å². The standard InChI is InChI=1S/C90H139N33O20S2/c91-34-4-3-16-57-73(129)116-62(21-10-41-110-90(103)143)82(138)123-42-12-23-69(123)81(137)120-65(45-50-27-32-55(125)33-28-50)77(133)115-59(18-7-37-106-86(97)98)72(128)113-61(20-9-40-109-89(102)142)75(131)121-67(79(135)117-63(83(139)140)22-11-38-107-87(99)100)47-144-145-48-68(80(136)119-64(44-49-25-30-54(124)31-26-49)76(132)114-60(71(127)112-57)19-8-39-108-88(101)141)122-78(134)66(46-51-24-29-52-13-1-2-14-53(52)43-51)118-74(130)58(17-6-36-105-85(95)96)111-70(126)56(92)15-5-35-104-84(93)94/h1-2,13-14,24-33,43,56-69,124-125H,3-12,15-23,34-42,44-48,91-92H2,(H,111,126)(H,112,127)(H,113,128)(H,114,132)(H,115,133)(H,116,129)(H,117,135)(H,118,130)(H,119,136)(H,120,137)(H,121,131)(H,122,134)(H,139,140)(H4,93,94,104)(H4,95,96,105)(H4,97,98,106)(H4,99,100,107)(H3,101,108,141)(H3,102,109,142)(H3,103,110,143)/t56-,57-,58-,59-,60-,61-,62+,63-,64-,65-,66-,67-,68-,69-/m0/s1. The highest BCUT2D eigenvalue weighted by atomic mass is 33.1. The molecule has 0 radical (unpaired) electrons. The van der Waals surface area contributed by atoms with Crippen molar-refractivity contribution in [1.82, 2.24) is 106 Å². The van der Waals surface area contributed by atoms with Crippen molar-refractivity contribution in [2.75, 3.05) is 70.4 Å². The number of carbonyl (C=O) groups is 17. The average molecular weight is 2070 g/mol. The van der Waals surface area contributed by atoms with Gasteiger partial charge in [0.1, 0.15) is 90.0 Å². The molecule has 44 N–H and O–H groups in total. The fraction of sp³-hybridized carbons (Fsp3) is 0.522. The highest BCUT2D eigenvalue weighted by Crippen LogP contribution is 2.27. The number of phenols is 2. The highest BCUT2D eigenvalue weighted by Gasteiger charge is 2.43. The number of fused-ring (bicyclic) bond motifs is 2. The minimum absolute atomic E-state index is 0.000821. The molecule has 19 amide bonds. The second-order valence-corrected chi connectivity index (χ2v) is 37.1. The molecule has 0 saturated carbocycles. The van der Waals surface area contributed by atoms with Gasteiger partial charge in [-0.25, -0.2) is 19.2 Å². The van der Waals surface area contributed by atoms with Crippen molar-refractivity contribution in [3.63, 3.8) is 0 Å². The Labute approximate surface area is 844 Å². The van der Waals surface area contributed by atoms with Gasteiger partial charge in [0, 0.05) is 83.1 Å². The number of nitrogens with one attached hydrogen (secondary N) is 23. The van der Waals surface area contributed by atoms with Gasteiger partial charge in [0.15, 0.2) is 23.8 Å². The summed E-state index contributed by atoms with van der Waals surface area (Å²) in [5, 5.41) is 113. The van der Waals surface area contributed by atoms with E-state index in [0.29, 0.717) is 38.1 Å². The molecule has 2 aliphatic rings. The molecule has 6 rings (SSSR count). The molecule has 0 unspecified atom stereocenters. The SMILES string of the molecule is N=C(N)NCCC[C@H](NC(=O)[C@@H]1CSSC[C@H](NC(=O)[C@H](Cc2ccc3ccccc3c2)NC(=O)[C@H](CCCNC(=N)N)NC(=O)[C@@H](N)CCCNC(=N)N)C(=O)N[C@@H](Cc2ccc(O)cc2)C(=O)N[C@@H](CCCNC(N)=O)C(=O)N[C@@H](CCCCN)C(=O)N[C@H](CCCNC(N)=O)C(=O)N2CCC[C@H]2C(=O)N[C@@H](Cc2ccc(O)cc2)C(=O)N[C@@H](CCCNC(=N)N)C(=O)N[C@@H](CCCNC(N)=O)C(=O)N1)C(=O)O. The first kappa shape index (κ1) is 119. The molecule has 2 heterocycles. The van der Waals surface area contributed by atoms with E-state index in [4.69, 9.17) is 73.2 Å². The van der Waals surface area contributed by atoms with E-state index < -0.39 is 228 Å². The van der Waals surface area contributed by atoms with Crippen LogP contribution in [-0.4, -0.2) is 300 Å². The number of urea groups is 3. The summed E-state index contributed by atoms with van der Waals surface area (Å²) >= 11 is 0. The normalized spacial score (nSPS) is 20.0. The van der Waals surface area contributed by atoms with E-state index >= 15 is 57.5 Å². The van der Waals surface area contributed by atoms with Crippen LogP contribution in [-0.2, 0) is 86.4 Å². The summed E-state index contributed by atoms with van der Waals surface area (Å²) in [4.78, 5) is 250. The number of carbonyl (C=O) groups excluding carboxylic acids is 16. The number of rotatable bonds is 47. The van der Waals surface area contributed by atoms with E-state index in [2.05, 4.69) is 101 Å². The first-order chi connectivity index (χ1) is 69.1. The quantitative estimate of drug-likeness (QED) is 0.00846. The van der Waals surface area contributed by atoms with Gasteiger partial charge >= 0.3 is 24.1 Å². The Balaban J connectivity index is 1.62. The summed E-state index contributed by atoms with van der Waals surface area (Å²) in [5.41, 5.74) is 51.9. The van der Waals surface area contributed by atoms with Gasteiger partial charge in [0.05, 0.1) is 6.04 Å². The monoisotopic (exact) mass is 2070 g/mol. The molecule has 0 aliphatic carbocycles. The molecule has 4 aromatic rings. The topological polar surface area (TPSA) is 912 Å². The van der Waals surface area contributed by atoms with Crippen LogP contribution in [0.25, 0.3) is 10.8 Å². The summed E-state index contributed by atoms with van der Waals surface area (Å²) < 4.78 is 0. The number of amides is 19. The molecule has 53 nitrogen and oxygen atoms in total. The molecule has 14 atom stereocenters. The largest absolute Gasteiger partial charge is 0.508 e. The van der Waals surface area contributed by atoms with Crippen molar-refractivity contribution >= 4 is 157 Å². The number of benzene rings is 4. The second kappa shape index (κ2) is 63.0. The minimum atomic E-state index is -1.94. The summed E-state index contributed by atoms with van der Waals surface area (Å²) in [6, 6.07) is -3.40.